The summed E-state index contributed by atoms with van der Waals surface area (Å²) in [5.74, 6) is 1.80. The number of hydrogen-bond donors (Lipinski definition) is 1. The van der Waals surface area contributed by atoms with E-state index in [1.165, 1.54) is 0 Å². The molecule has 0 unspecified atom stereocenters. The van der Waals surface area contributed by atoms with Crippen LogP contribution in [0.1, 0.15) is 12.0 Å². The van der Waals surface area contributed by atoms with E-state index in [9.17, 15) is 8.42 Å². The standard InChI is InChI=1S/C20H24N2O4S2/c1-25-18-8-6-15(7-9-18)13-22(17-10-11-28(23,24)14-17)20(27)21-16-4-3-5-19(12-16)26-2/h3-9,12,17H,10-11,13-14H2,1-2H3,(H,21,27)/t17-/m1/s1. The molecule has 1 saturated heterocycles. The Bertz CT molecular complexity index is 929. The molecule has 1 aliphatic rings. The Morgan fingerprint density at radius 3 is 2.46 bits per heavy atom. The highest BCUT2D eigenvalue weighted by Crippen LogP contribution is 2.23. The summed E-state index contributed by atoms with van der Waals surface area (Å²) in [6.07, 6.45) is 0.568. The quantitative estimate of drug-likeness (QED) is 0.720. The van der Waals surface area contributed by atoms with Gasteiger partial charge in [-0.1, -0.05) is 18.2 Å². The summed E-state index contributed by atoms with van der Waals surface area (Å²) in [5.41, 5.74) is 1.82. The number of rotatable bonds is 6. The van der Waals surface area contributed by atoms with Crippen LogP contribution in [-0.4, -0.2) is 50.2 Å². The first-order valence-electron chi connectivity index (χ1n) is 8.95. The molecule has 1 fully saturated rings. The monoisotopic (exact) mass is 420 g/mol. The molecular weight excluding hydrogens is 396 g/mol. The number of ether oxygens (including phenoxy) is 2. The molecule has 8 heteroatoms. The zero-order chi connectivity index (χ0) is 20.1. The van der Waals surface area contributed by atoms with E-state index in [2.05, 4.69) is 5.32 Å². The summed E-state index contributed by atoms with van der Waals surface area (Å²) in [7, 11) is 0.201. The zero-order valence-corrected chi connectivity index (χ0v) is 17.6. The molecule has 1 atom stereocenters. The van der Waals surface area contributed by atoms with Crippen LogP contribution >= 0.6 is 12.2 Å². The van der Waals surface area contributed by atoms with Crippen molar-refractivity contribution in [2.24, 2.45) is 0 Å². The molecule has 0 amide bonds. The van der Waals surface area contributed by atoms with Gasteiger partial charge in [0.1, 0.15) is 11.5 Å². The summed E-state index contributed by atoms with van der Waals surface area (Å²) < 4.78 is 34.5. The smallest absolute Gasteiger partial charge is 0.174 e. The second-order valence-corrected chi connectivity index (χ2v) is 9.31. The SMILES string of the molecule is COc1ccc(CN(C(=S)Nc2cccc(OC)c2)[C@@H]2CCS(=O)(=O)C2)cc1. The Hall–Kier alpha value is -2.32. The van der Waals surface area contributed by atoms with Crippen molar-refractivity contribution in [2.75, 3.05) is 31.0 Å². The van der Waals surface area contributed by atoms with Crippen LogP contribution in [0.15, 0.2) is 48.5 Å². The third-order valence-corrected chi connectivity index (χ3v) is 6.83. The molecule has 0 aliphatic carbocycles. The molecule has 1 heterocycles. The number of thiocarbonyl (C=S) groups is 1. The van der Waals surface area contributed by atoms with Crippen molar-refractivity contribution in [1.29, 1.82) is 0 Å². The number of methoxy groups -OCH3 is 2. The van der Waals surface area contributed by atoms with Gasteiger partial charge in [0.15, 0.2) is 14.9 Å². The predicted molar refractivity (Wildman–Crippen MR) is 115 cm³/mol. The maximum atomic E-state index is 12.0. The summed E-state index contributed by atoms with van der Waals surface area (Å²) in [6.45, 7) is 0.514. The third kappa shape index (κ3) is 5.14. The average Bonchev–Trinajstić information content (AvgIpc) is 3.06. The van der Waals surface area contributed by atoms with E-state index >= 15 is 0 Å². The maximum absolute atomic E-state index is 12.0. The topological polar surface area (TPSA) is 67.9 Å². The van der Waals surface area contributed by atoms with Crippen molar-refractivity contribution in [3.63, 3.8) is 0 Å². The van der Waals surface area contributed by atoms with Crippen molar-refractivity contribution in [2.45, 2.75) is 19.0 Å². The molecule has 0 radical (unpaired) electrons. The fourth-order valence-corrected chi connectivity index (χ4v) is 5.27. The van der Waals surface area contributed by atoms with Gasteiger partial charge in [0, 0.05) is 24.3 Å². The van der Waals surface area contributed by atoms with Crippen LogP contribution in [-0.2, 0) is 16.4 Å². The van der Waals surface area contributed by atoms with Crippen LogP contribution in [0, 0.1) is 0 Å². The Balaban J connectivity index is 1.81. The van der Waals surface area contributed by atoms with E-state index in [1.54, 1.807) is 14.2 Å². The molecule has 1 N–H and O–H groups in total. The molecule has 2 aromatic carbocycles. The molecule has 1 aliphatic heterocycles. The number of hydrogen-bond acceptors (Lipinski definition) is 5. The summed E-state index contributed by atoms with van der Waals surface area (Å²) in [4.78, 5) is 1.96. The third-order valence-electron chi connectivity index (χ3n) is 4.74. The Morgan fingerprint density at radius 1 is 1.14 bits per heavy atom. The zero-order valence-electron chi connectivity index (χ0n) is 15.9. The van der Waals surface area contributed by atoms with Crippen LogP contribution in [0.3, 0.4) is 0 Å². The first-order valence-corrected chi connectivity index (χ1v) is 11.2. The molecule has 28 heavy (non-hydrogen) atoms. The minimum atomic E-state index is -3.03. The van der Waals surface area contributed by atoms with Crippen LogP contribution in [0.4, 0.5) is 5.69 Å². The van der Waals surface area contributed by atoms with Crippen molar-refractivity contribution in [1.82, 2.24) is 4.90 Å². The largest absolute Gasteiger partial charge is 0.497 e. The second kappa shape index (κ2) is 8.79. The van der Waals surface area contributed by atoms with Crippen LogP contribution < -0.4 is 14.8 Å². The average molecular weight is 421 g/mol. The molecule has 0 saturated carbocycles. The van der Waals surface area contributed by atoms with Gasteiger partial charge in [-0.05, 0) is 48.5 Å². The van der Waals surface area contributed by atoms with Gasteiger partial charge in [0.25, 0.3) is 0 Å². The minimum Gasteiger partial charge on any atom is -0.497 e. The van der Waals surface area contributed by atoms with Crippen LogP contribution in [0.5, 0.6) is 11.5 Å². The maximum Gasteiger partial charge on any atom is 0.174 e. The highest BCUT2D eigenvalue weighted by Gasteiger charge is 2.33. The summed E-state index contributed by atoms with van der Waals surface area (Å²) in [6, 6.07) is 15.0. The molecule has 0 spiro atoms. The summed E-state index contributed by atoms with van der Waals surface area (Å²) >= 11 is 5.65. The summed E-state index contributed by atoms with van der Waals surface area (Å²) in [5, 5.41) is 3.71. The molecule has 0 aromatic heterocycles. The van der Waals surface area contributed by atoms with Gasteiger partial charge in [-0.2, -0.15) is 0 Å². The molecule has 0 bridgehead atoms. The lowest BCUT2D eigenvalue weighted by Crippen LogP contribution is -2.43. The Labute approximate surface area is 171 Å². The Kier molecular flexibility index (Phi) is 6.41. The van der Waals surface area contributed by atoms with Crippen molar-refractivity contribution in [3.05, 3.63) is 54.1 Å². The molecular formula is C20H24N2O4S2. The van der Waals surface area contributed by atoms with Gasteiger partial charge in [0.2, 0.25) is 0 Å². The number of nitrogens with zero attached hydrogens (tertiary/aromatic N) is 1. The van der Waals surface area contributed by atoms with Crippen LogP contribution in [0.25, 0.3) is 0 Å². The molecule has 6 nitrogen and oxygen atoms in total. The van der Waals surface area contributed by atoms with Gasteiger partial charge >= 0.3 is 0 Å². The van der Waals surface area contributed by atoms with E-state index in [1.807, 2.05) is 53.4 Å². The van der Waals surface area contributed by atoms with E-state index in [4.69, 9.17) is 21.7 Å². The van der Waals surface area contributed by atoms with Crippen LogP contribution in [0.2, 0.25) is 0 Å². The number of sulfone groups is 1. The van der Waals surface area contributed by atoms with E-state index in [-0.39, 0.29) is 17.5 Å². The Morgan fingerprint density at radius 2 is 1.86 bits per heavy atom. The van der Waals surface area contributed by atoms with Gasteiger partial charge in [-0.25, -0.2) is 8.42 Å². The lowest BCUT2D eigenvalue weighted by atomic mass is 10.1. The highest BCUT2D eigenvalue weighted by atomic mass is 32.2. The number of benzene rings is 2. The van der Waals surface area contributed by atoms with Crippen molar-refractivity contribution < 1.29 is 17.9 Å². The van der Waals surface area contributed by atoms with E-state index < -0.39 is 9.84 Å². The van der Waals surface area contributed by atoms with Crippen molar-refractivity contribution in [3.8, 4) is 11.5 Å². The lowest BCUT2D eigenvalue weighted by molar-refractivity contribution is 0.332. The second-order valence-electron chi connectivity index (χ2n) is 6.69. The molecule has 3 rings (SSSR count). The van der Waals surface area contributed by atoms with E-state index in [0.29, 0.717) is 18.1 Å². The first-order chi connectivity index (χ1) is 13.4. The van der Waals surface area contributed by atoms with Gasteiger partial charge < -0.3 is 19.7 Å². The number of nitrogens with one attached hydrogen (secondary N) is 1. The van der Waals surface area contributed by atoms with Gasteiger partial charge in [0.05, 0.1) is 25.7 Å². The fourth-order valence-electron chi connectivity index (χ4n) is 3.21. The predicted octanol–water partition coefficient (Wildman–Crippen LogP) is 3.09. The van der Waals surface area contributed by atoms with Gasteiger partial charge in [-0.15, -0.1) is 0 Å². The van der Waals surface area contributed by atoms with Gasteiger partial charge in [-0.3, -0.25) is 0 Å². The molecule has 150 valence electrons. The fraction of sp³-hybridized carbons (Fsp3) is 0.350. The lowest BCUT2D eigenvalue weighted by Gasteiger charge is -2.31. The first kappa shape index (κ1) is 20.4. The number of anilines is 1. The molecule has 2 aromatic rings. The minimum absolute atomic E-state index is 0.114. The van der Waals surface area contributed by atoms with E-state index in [0.717, 1.165) is 22.7 Å². The highest BCUT2D eigenvalue weighted by molar-refractivity contribution is 7.91. The van der Waals surface area contributed by atoms with Crippen molar-refractivity contribution >= 4 is 32.9 Å². The normalized spacial score (nSPS) is 17.7.